The van der Waals surface area contributed by atoms with Gasteiger partial charge in [0, 0.05) is 31.6 Å². The summed E-state index contributed by atoms with van der Waals surface area (Å²) in [5.41, 5.74) is -0.303. The number of Topliss-reactive ketones (excluding diaryl/α,β-unsaturated/α-hetero) is 4. The molecular weight excluding hydrogens is 411 g/mol. The molecule has 6 heteroatoms. The van der Waals surface area contributed by atoms with Gasteiger partial charge in [-0.1, -0.05) is 57.0 Å². The summed E-state index contributed by atoms with van der Waals surface area (Å²) in [5.74, 6) is -3.73. The fraction of sp³-hybridized carbons (Fsp3) is 0.565. The number of carbonyl (C=O) groups excluding carboxylic acids is 4. The topological polar surface area (TPSA) is 68.3 Å². The smallest absolute Gasteiger partial charge is 0.144 e. The van der Waals surface area contributed by atoms with Crippen molar-refractivity contribution in [2.24, 2.45) is 22.7 Å². The second-order valence-electron chi connectivity index (χ2n) is 10.1. The minimum Gasteiger partial charge on any atom is -0.299 e. The molecule has 2 fully saturated rings. The maximum atomic E-state index is 13.1. The molecule has 0 aromatic heterocycles. The van der Waals surface area contributed by atoms with Crippen molar-refractivity contribution < 1.29 is 19.2 Å². The molecule has 29 heavy (non-hydrogen) atoms. The first kappa shape index (κ1) is 22.2. The van der Waals surface area contributed by atoms with Crippen LogP contribution in [0.5, 0.6) is 0 Å². The largest absolute Gasteiger partial charge is 0.299 e. The van der Waals surface area contributed by atoms with Gasteiger partial charge in [-0.2, -0.15) is 0 Å². The van der Waals surface area contributed by atoms with Crippen LogP contribution in [0.25, 0.3) is 0 Å². The molecule has 0 atom stereocenters. The molecule has 0 radical (unpaired) electrons. The zero-order valence-electron chi connectivity index (χ0n) is 17.2. The van der Waals surface area contributed by atoms with Crippen molar-refractivity contribution >= 4 is 46.3 Å². The Labute approximate surface area is 181 Å². The third-order valence-electron chi connectivity index (χ3n) is 6.05. The maximum absolute atomic E-state index is 13.1. The maximum Gasteiger partial charge on any atom is 0.144 e. The van der Waals surface area contributed by atoms with Crippen molar-refractivity contribution in [3.63, 3.8) is 0 Å². The first-order valence-corrected chi connectivity index (χ1v) is 10.6. The van der Waals surface area contributed by atoms with E-state index in [1.54, 1.807) is 18.2 Å². The number of carbonyl (C=O) groups is 4. The predicted octanol–water partition coefficient (Wildman–Crippen LogP) is 5.23. The lowest BCUT2D eigenvalue weighted by molar-refractivity contribution is -0.145. The Balaban J connectivity index is 2.11. The van der Waals surface area contributed by atoms with Gasteiger partial charge in [0.2, 0.25) is 0 Å². The van der Waals surface area contributed by atoms with E-state index in [1.807, 2.05) is 27.7 Å². The highest BCUT2D eigenvalue weighted by Gasteiger charge is 2.52. The third-order valence-corrected chi connectivity index (χ3v) is 6.78. The molecule has 0 aliphatic heterocycles. The predicted molar refractivity (Wildman–Crippen MR) is 112 cm³/mol. The fourth-order valence-electron chi connectivity index (χ4n) is 4.91. The summed E-state index contributed by atoms with van der Waals surface area (Å²) < 4.78 is 0. The minimum absolute atomic E-state index is 0.215. The number of hydrogen-bond acceptors (Lipinski definition) is 4. The average molecular weight is 437 g/mol. The summed E-state index contributed by atoms with van der Waals surface area (Å²) in [5, 5.41) is 0.597. The molecule has 0 amide bonds. The SMILES string of the molecule is CC1(C)CC(=O)C(C(c2ccc(Cl)c(Cl)c2)C2C(=O)CC(C)(C)CC2=O)C(=O)C1. The Hall–Kier alpha value is -1.52. The zero-order valence-corrected chi connectivity index (χ0v) is 18.7. The average Bonchev–Trinajstić information content (AvgIpc) is 2.52. The van der Waals surface area contributed by atoms with Crippen LogP contribution in [0, 0.1) is 22.7 Å². The van der Waals surface area contributed by atoms with E-state index in [4.69, 9.17) is 23.2 Å². The molecule has 2 aliphatic carbocycles. The van der Waals surface area contributed by atoms with Crippen LogP contribution in [0.4, 0.5) is 0 Å². The van der Waals surface area contributed by atoms with Crippen molar-refractivity contribution in [2.75, 3.05) is 0 Å². The number of rotatable bonds is 3. The number of benzene rings is 1. The highest BCUT2D eigenvalue weighted by molar-refractivity contribution is 6.42. The number of halogens is 2. The molecule has 0 N–H and O–H groups in total. The first-order chi connectivity index (χ1) is 13.3. The van der Waals surface area contributed by atoms with Crippen LogP contribution in [0.3, 0.4) is 0 Å². The molecule has 1 aromatic carbocycles. The molecule has 0 unspecified atom stereocenters. The highest BCUT2D eigenvalue weighted by Crippen LogP contribution is 2.47. The van der Waals surface area contributed by atoms with Gasteiger partial charge in [-0.05, 0) is 28.5 Å². The van der Waals surface area contributed by atoms with Crippen LogP contribution in [0.1, 0.15) is 64.9 Å². The van der Waals surface area contributed by atoms with E-state index in [1.165, 1.54) is 0 Å². The second kappa shape index (κ2) is 7.63. The Morgan fingerprint density at radius 2 is 1.10 bits per heavy atom. The Morgan fingerprint density at radius 1 is 0.724 bits per heavy atom. The highest BCUT2D eigenvalue weighted by atomic mass is 35.5. The summed E-state index contributed by atoms with van der Waals surface area (Å²) in [4.78, 5) is 52.3. The summed E-state index contributed by atoms with van der Waals surface area (Å²) in [6.07, 6.45) is 0.952. The molecule has 4 nitrogen and oxygen atoms in total. The standard InChI is InChI=1S/C23H26Cl2O4/c1-22(2)8-15(26)20(16(27)9-22)19(12-5-6-13(24)14(25)7-12)21-17(28)10-23(3,4)11-18(21)29/h5-7,19-21H,8-11H2,1-4H3. The van der Waals surface area contributed by atoms with Crippen molar-refractivity contribution in [1.29, 1.82) is 0 Å². The molecule has 0 saturated heterocycles. The van der Waals surface area contributed by atoms with Gasteiger partial charge in [-0.3, -0.25) is 19.2 Å². The van der Waals surface area contributed by atoms with Crippen LogP contribution >= 0.6 is 23.2 Å². The summed E-state index contributed by atoms with van der Waals surface area (Å²) in [6.45, 7) is 7.53. The van der Waals surface area contributed by atoms with Gasteiger partial charge < -0.3 is 0 Å². The van der Waals surface area contributed by atoms with Gasteiger partial charge in [0.25, 0.3) is 0 Å². The van der Waals surface area contributed by atoms with Gasteiger partial charge in [0.1, 0.15) is 23.1 Å². The quantitative estimate of drug-likeness (QED) is 0.608. The minimum atomic E-state index is -1.01. The van der Waals surface area contributed by atoms with Gasteiger partial charge in [-0.25, -0.2) is 0 Å². The van der Waals surface area contributed by atoms with Crippen LogP contribution in [-0.4, -0.2) is 23.1 Å². The summed E-state index contributed by atoms with van der Waals surface area (Å²) in [6, 6.07) is 4.82. The molecule has 1 aromatic rings. The van der Waals surface area contributed by atoms with Gasteiger partial charge in [0.05, 0.1) is 21.9 Å². The Bertz CT molecular complexity index is 812. The first-order valence-electron chi connectivity index (χ1n) is 9.87. The fourth-order valence-corrected chi connectivity index (χ4v) is 5.22. The molecule has 2 aliphatic rings. The zero-order chi connectivity index (χ0) is 21.7. The third kappa shape index (κ3) is 4.49. The van der Waals surface area contributed by atoms with Crippen LogP contribution < -0.4 is 0 Å². The lowest BCUT2D eigenvalue weighted by atomic mass is 9.59. The summed E-state index contributed by atoms with van der Waals surface area (Å²) in [7, 11) is 0. The molecular formula is C23H26Cl2O4. The van der Waals surface area contributed by atoms with Crippen LogP contribution in [0.2, 0.25) is 10.0 Å². The van der Waals surface area contributed by atoms with E-state index >= 15 is 0 Å². The van der Waals surface area contributed by atoms with Gasteiger partial charge in [-0.15, -0.1) is 0 Å². The van der Waals surface area contributed by atoms with E-state index < -0.39 is 28.6 Å². The van der Waals surface area contributed by atoms with Crippen molar-refractivity contribution in [3.8, 4) is 0 Å². The lowest BCUT2D eigenvalue weighted by Crippen LogP contribution is -2.48. The molecule has 0 heterocycles. The van der Waals surface area contributed by atoms with E-state index in [0.717, 1.165) is 0 Å². The Morgan fingerprint density at radius 3 is 1.45 bits per heavy atom. The molecule has 0 spiro atoms. The van der Waals surface area contributed by atoms with Crippen molar-refractivity contribution in [1.82, 2.24) is 0 Å². The van der Waals surface area contributed by atoms with E-state index in [9.17, 15) is 19.2 Å². The lowest BCUT2D eigenvalue weighted by Gasteiger charge is -2.41. The molecule has 0 bridgehead atoms. The van der Waals surface area contributed by atoms with E-state index in [0.29, 0.717) is 10.6 Å². The van der Waals surface area contributed by atoms with Gasteiger partial charge in [0.15, 0.2) is 0 Å². The monoisotopic (exact) mass is 436 g/mol. The molecule has 3 rings (SSSR count). The van der Waals surface area contributed by atoms with E-state index in [-0.39, 0.29) is 53.8 Å². The van der Waals surface area contributed by atoms with Gasteiger partial charge >= 0.3 is 0 Å². The number of ketones is 4. The van der Waals surface area contributed by atoms with Crippen LogP contribution in [0.15, 0.2) is 18.2 Å². The Kier molecular flexibility index (Phi) is 5.83. The molecule has 156 valence electrons. The molecule has 2 saturated carbocycles. The van der Waals surface area contributed by atoms with Crippen molar-refractivity contribution in [2.45, 2.75) is 59.3 Å². The van der Waals surface area contributed by atoms with E-state index in [2.05, 4.69) is 0 Å². The second-order valence-corrected chi connectivity index (χ2v) is 10.9. The number of hydrogen-bond donors (Lipinski definition) is 0. The normalized spacial score (nSPS) is 23.1. The summed E-state index contributed by atoms with van der Waals surface area (Å²) >= 11 is 12.2. The van der Waals surface area contributed by atoms with Crippen LogP contribution in [-0.2, 0) is 19.2 Å². The van der Waals surface area contributed by atoms with Crippen molar-refractivity contribution in [3.05, 3.63) is 33.8 Å².